The van der Waals surface area contributed by atoms with Crippen molar-refractivity contribution in [1.29, 1.82) is 0 Å². The molecule has 1 heterocycles. The third-order valence-electron chi connectivity index (χ3n) is 4.03. The van der Waals surface area contributed by atoms with Gasteiger partial charge in [-0.05, 0) is 61.7 Å². The molecule has 3 nitrogen and oxygen atoms in total. The number of aryl methyl sites for hydroxylation is 2. The topological polar surface area (TPSA) is 23.4 Å². The van der Waals surface area contributed by atoms with Crippen LogP contribution in [0.4, 0.5) is 0 Å². The highest BCUT2D eigenvalue weighted by Gasteiger charge is 2.02. The number of methoxy groups -OCH3 is 1. The Balaban J connectivity index is 1.49. The van der Waals surface area contributed by atoms with Crippen molar-refractivity contribution in [2.45, 2.75) is 26.3 Å². The van der Waals surface area contributed by atoms with Gasteiger partial charge in [-0.15, -0.1) is 0 Å². The van der Waals surface area contributed by atoms with Gasteiger partial charge in [-0.2, -0.15) is 0 Å². The second-order valence-electron chi connectivity index (χ2n) is 5.81. The third kappa shape index (κ3) is 3.86. The summed E-state index contributed by atoms with van der Waals surface area (Å²) in [5, 5.41) is 1.22. The summed E-state index contributed by atoms with van der Waals surface area (Å²) in [4.78, 5) is 0. The van der Waals surface area contributed by atoms with Gasteiger partial charge in [-0.3, -0.25) is 0 Å². The van der Waals surface area contributed by atoms with Crippen molar-refractivity contribution in [3.8, 4) is 11.5 Å². The van der Waals surface area contributed by atoms with E-state index in [1.807, 2.05) is 18.2 Å². The van der Waals surface area contributed by atoms with Crippen LogP contribution in [0.2, 0.25) is 0 Å². The maximum Gasteiger partial charge on any atom is 0.119 e. The molecule has 0 atom stereocenters. The number of aromatic nitrogens is 1. The van der Waals surface area contributed by atoms with Crippen LogP contribution in [-0.4, -0.2) is 18.3 Å². The van der Waals surface area contributed by atoms with Crippen LogP contribution in [0.5, 0.6) is 11.5 Å². The normalized spacial score (nSPS) is 10.9. The predicted octanol–water partition coefficient (Wildman–Crippen LogP) is 4.82. The van der Waals surface area contributed by atoms with Crippen LogP contribution in [0.25, 0.3) is 10.9 Å². The average molecular weight is 309 g/mol. The van der Waals surface area contributed by atoms with E-state index in [1.54, 1.807) is 7.11 Å². The molecule has 3 rings (SSSR count). The minimum Gasteiger partial charge on any atom is -0.497 e. The first-order valence-corrected chi connectivity index (χ1v) is 8.08. The molecule has 0 unspecified atom stereocenters. The highest BCUT2D eigenvalue weighted by molar-refractivity contribution is 5.81. The molecule has 23 heavy (non-hydrogen) atoms. The summed E-state index contributed by atoms with van der Waals surface area (Å²) in [6, 6.07) is 16.6. The zero-order valence-corrected chi connectivity index (χ0v) is 13.8. The molecule has 0 amide bonds. The highest BCUT2D eigenvalue weighted by Crippen LogP contribution is 2.22. The minimum absolute atomic E-state index is 0.760. The average Bonchev–Trinajstić information content (AvgIpc) is 2.97. The predicted molar refractivity (Wildman–Crippen MR) is 94.4 cm³/mol. The highest BCUT2D eigenvalue weighted by atomic mass is 16.5. The van der Waals surface area contributed by atoms with Gasteiger partial charge in [0.1, 0.15) is 11.5 Å². The molecule has 0 aliphatic rings. The lowest BCUT2D eigenvalue weighted by atomic mass is 10.2. The van der Waals surface area contributed by atoms with Crippen molar-refractivity contribution in [1.82, 2.24) is 4.57 Å². The Morgan fingerprint density at radius 2 is 1.87 bits per heavy atom. The van der Waals surface area contributed by atoms with Crippen LogP contribution in [-0.2, 0) is 6.54 Å². The SMILES string of the molecule is COc1ccc2c(ccn2CCCCOc2cccc(C)c2)c1. The largest absolute Gasteiger partial charge is 0.497 e. The van der Waals surface area contributed by atoms with Gasteiger partial charge in [0.2, 0.25) is 0 Å². The monoisotopic (exact) mass is 309 g/mol. The summed E-state index contributed by atoms with van der Waals surface area (Å²) in [5.41, 5.74) is 2.49. The summed E-state index contributed by atoms with van der Waals surface area (Å²) in [7, 11) is 1.70. The fourth-order valence-corrected chi connectivity index (χ4v) is 2.78. The number of fused-ring (bicyclic) bond motifs is 1. The smallest absolute Gasteiger partial charge is 0.119 e. The molecule has 0 aliphatic carbocycles. The molecule has 0 fully saturated rings. The summed E-state index contributed by atoms with van der Waals surface area (Å²) in [5.74, 6) is 1.87. The van der Waals surface area contributed by atoms with Crippen molar-refractivity contribution in [3.63, 3.8) is 0 Å². The molecule has 0 spiro atoms. The molecule has 0 radical (unpaired) electrons. The van der Waals surface area contributed by atoms with Crippen molar-refractivity contribution in [3.05, 3.63) is 60.3 Å². The molecule has 3 heteroatoms. The Morgan fingerprint density at radius 1 is 0.957 bits per heavy atom. The number of rotatable bonds is 7. The number of hydrogen-bond donors (Lipinski definition) is 0. The van der Waals surface area contributed by atoms with Gasteiger partial charge < -0.3 is 14.0 Å². The van der Waals surface area contributed by atoms with Crippen molar-refractivity contribution in [2.24, 2.45) is 0 Å². The van der Waals surface area contributed by atoms with Gasteiger partial charge in [0.15, 0.2) is 0 Å². The molecule has 0 saturated heterocycles. The van der Waals surface area contributed by atoms with Crippen LogP contribution in [0.15, 0.2) is 54.7 Å². The minimum atomic E-state index is 0.760. The van der Waals surface area contributed by atoms with Gasteiger partial charge in [-0.1, -0.05) is 12.1 Å². The van der Waals surface area contributed by atoms with Crippen LogP contribution < -0.4 is 9.47 Å². The van der Waals surface area contributed by atoms with Crippen molar-refractivity contribution < 1.29 is 9.47 Å². The molecule has 0 aliphatic heterocycles. The van der Waals surface area contributed by atoms with Crippen molar-refractivity contribution >= 4 is 10.9 Å². The lowest BCUT2D eigenvalue weighted by Gasteiger charge is -2.08. The number of unbranched alkanes of at least 4 members (excludes halogenated alkanes) is 1. The van der Waals surface area contributed by atoms with Gasteiger partial charge in [0.25, 0.3) is 0 Å². The number of benzene rings is 2. The van der Waals surface area contributed by atoms with Crippen LogP contribution in [0.3, 0.4) is 0 Å². The molecule has 3 aromatic rings. The Morgan fingerprint density at radius 3 is 2.70 bits per heavy atom. The molecule has 0 saturated carbocycles. The molecule has 0 N–H and O–H groups in total. The summed E-state index contributed by atoms with van der Waals surface area (Å²) in [6.07, 6.45) is 4.29. The van der Waals surface area contributed by atoms with E-state index in [-0.39, 0.29) is 0 Å². The van der Waals surface area contributed by atoms with E-state index < -0.39 is 0 Å². The van der Waals surface area contributed by atoms with Crippen LogP contribution in [0, 0.1) is 6.92 Å². The maximum absolute atomic E-state index is 5.80. The second kappa shape index (κ2) is 7.23. The first-order chi connectivity index (χ1) is 11.3. The van der Waals surface area contributed by atoms with Crippen LogP contribution >= 0.6 is 0 Å². The van der Waals surface area contributed by atoms with E-state index in [0.29, 0.717) is 0 Å². The van der Waals surface area contributed by atoms with E-state index >= 15 is 0 Å². The first-order valence-electron chi connectivity index (χ1n) is 8.08. The van der Waals surface area contributed by atoms with Gasteiger partial charge in [0, 0.05) is 23.6 Å². The summed E-state index contributed by atoms with van der Waals surface area (Å²) in [6.45, 7) is 3.85. The molecule has 120 valence electrons. The number of hydrogen-bond acceptors (Lipinski definition) is 2. The van der Waals surface area contributed by atoms with Crippen LogP contribution in [0.1, 0.15) is 18.4 Å². The zero-order chi connectivity index (χ0) is 16.1. The molecular weight excluding hydrogens is 286 g/mol. The fraction of sp³-hybridized carbons (Fsp3) is 0.300. The Labute approximate surface area is 137 Å². The molecule has 0 bridgehead atoms. The maximum atomic E-state index is 5.80. The van der Waals surface area contributed by atoms with E-state index in [0.717, 1.165) is 37.5 Å². The lowest BCUT2D eigenvalue weighted by molar-refractivity contribution is 0.303. The van der Waals surface area contributed by atoms with E-state index in [2.05, 4.69) is 48.0 Å². The Hall–Kier alpha value is -2.42. The molecule has 2 aromatic carbocycles. The van der Waals surface area contributed by atoms with E-state index in [1.165, 1.54) is 16.5 Å². The number of nitrogens with zero attached hydrogens (tertiary/aromatic N) is 1. The van der Waals surface area contributed by atoms with Gasteiger partial charge >= 0.3 is 0 Å². The standard InChI is InChI=1S/C20H23NO2/c1-16-6-5-7-19(14-16)23-13-4-3-11-21-12-10-17-15-18(22-2)8-9-20(17)21/h5-10,12,14-15H,3-4,11,13H2,1-2H3. The fourth-order valence-electron chi connectivity index (χ4n) is 2.78. The Kier molecular flexibility index (Phi) is 4.86. The molecular formula is C20H23NO2. The quantitative estimate of drug-likeness (QED) is 0.584. The summed E-state index contributed by atoms with van der Waals surface area (Å²) >= 11 is 0. The zero-order valence-electron chi connectivity index (χ0n) is 13.8. The Bertz CT molecular complexity index is 776. The van der Waals surface area contributed by atoms with E-state index in [4.69, 9.17) is 9.47 Å². The lowest BCUT2D eigenvalue weighted by Crippen LogP contribution is -2.01. The second-order valence-corrected chi connectivity index (χ2v) is 5.81. The number of ether oxygens (including phenoxy) is 2. The summed E-state index contributed by atoms with van der Waals surface area (Å²) < 4.78 is 13.4. The van der Waals surface area contributed by atoms with Gasteiger partial charge in [0.05, 0.1) is 13.7 Å². The first kappa shape index (κ1) is 15.5. The third-order valence-corrected chi connectivity index (χ3v) is 4.03. The van der Waals surface area contributed by atoms with Crippen molar-refractivity contribution in [2.75, 3.05) is 13.7 Å². The van der Waals surface area contributed by atoms with Gasteiger partial charge in [-0.25, -0.2) is 0 Å². The van der Waals surface area contributed by atoms with E-state index in [9.17, 15) is 0 Å². The molecule has 1 aromatic heterocycles.